The quantitative estimate of drug-likeness (QED) is 0.901. The number of hydrogen-bond donors (Lipinski definition) is 1. The van der Waals surface area contributed by atoms with Crippen molar-refractivity contribution in [2.45, 2.75) is 30.7 Å². The molecule has 100 valence electrons. The molecule has 7 heteroatoms. The molecule has 1 N–H and O–H groups in total. The highest BCUT2D eigenvalue weighted by molar-refractivity contribution is 7.89. The lowest BCUT2D eigenvalue weighted by Gasteiger charge is -2.12. The number of halogens is 1. The van der Waals surface area contributed by atoms with Crippen LogP contribution in [0, 0.1) is 22.7 Å². The van der Waals surface area contributed by atoms with Gasteiger partial charge < -0.3 is 0 Å². The molecule has 1 atom stereocenters. The Morgan fingerprint density at radius 2 is 2.11 bits per heavy atom. The van der Waals surface area contributed by atoms with Gasteiger partial charge in [0.25, 0.3) is 0 Å². The molecule has 1 rings (SSSR count). The minimum Gasteiger partial charge on any atom is -0.207 e. The van der Waals surface area contributed by atoms with E-state index in [0.717, 1.165) is 0 Å². The normalized spacial score (nSPS) is 12.4. The van der Waals surface area contributed by atoms with Gasteiger partial charge in [-0.25, -0.2) is 8.42 Å². The Hall–Kier alpha value is -1.60. The van der Waals surface area contributed by atoms with Crippen LogP contribution in [0.25, 0.3) is 0 Å². The third-order valence-electron chi connectivity index (χ3n) is 2.38. The molecule has 0 saturated carbocycles. The number of hydrogen-bond acceptors (Lipinski definition) is 4. The molecule has 0 saturated heterocycles. The summed E-state index contributed by atoms with van der Waals surface area (Å²) in [5, 5.41) is 17.5. The van der Waals surface area contributed by atoms with Crippen LogP contribution in [-0.4, -0.2) is 14.5 Å². The van der Waals surface area contributed by atoms with Crippen molar-refractivity contribution < 1.29 is 8.42 Å². The van der Waals surface area contributed by atoms with Crippen LogP contribution in [0.5, 0.6) is 0 Å². The standard InChI is InChI=1S/C12H12ClN3O2S/c1-2-3-10(8-15)16-19(17,18)12-5-4-9(7-14)6-11(12)13/h4-6,10,16H,2-3H2,1H3. The molecule has 0 heterocycles. The average Bonchev–Trinajstić information content (AvgIpc) is 2.37. The summed E-state index contributed by atoms with van der Waals surface area (Å²) in [6.45, 7) is 1.85. The SMILES string of the molecule is CCCC(C#N)NS(=O)(=O)c1ccc(C#N)cc1Cl. The Bertz CT molecular complexity index is 644. The van der Waals surface area contributed by atoms with Gasteiger partial charge in [0, 0.05) is 0 Å². The molecule has 0 fully saturated rings. The van der Waals surface area contributed by atoms with Crippen molar-refractivity contribution in [1.29, 1.82) is 10.5 Å². The maximum atomic E-state index is 12.1. The molecule has 0 aliphatic heterocycles. The number of nitriles is 2. The van der Waals surface area contributed by atoms with Crippen molar-refractivity contribution in [2.75, 3.05) is 0 Å². The molecular formula is C12H12ClN3O2S. The van der Waals surface area contributed by atoms with Crippen molar-refractivity contribution in [2.24, 2.45) is 0 Å². The summed E-state index contributed by atoms with van der Waals surface area (Å²) in [6.07, 6.45) is 1.10. The second-order valence-corrected chi connectivity index (χ2v) is 5.94. The minimum atomic E-state index is -3.86. The van der Waals surface area contributed by atoms with Gasteiger partial charge in [-0.1, -0.05) is 24.9 Å². The molecule has 0 bridgehead atoms. The molecule has 0 aliphatic rings. The first-order valence-electron chi connectivity index (χ1n) is 5.56. The molecular weight excluding hydrogens is 286 g/mol. The van der Waals surface area contributed by atoms with Crippen LogP contribution in [0.2, 0.25) is 5.02 Å². The average molecular weight is 298 g/mol. The van der Waals surface area contributed by atoms with E-state index in [9.17, 15) is 8.42 Å². The third-order valence-corrected chi connectivity index (χ3v) is 4.34. The van der Waals surface area contributed by atoms with Gasteiger partial charge in [-0.15, -0.1) is 0 Å². The molecule has 0 amide bonds. The highest BCUT2D eigenvalue weighted by Gasteiger charge is 2.22. The van der Waals surface area contributed by atoms with E-state index >= 15 is 0 Å². The number of rotatable bonds is 5. The lowest BCUT2D eigenvalue weighted by Crippen LogP contribution is -2.33. The van der Waals surface area contributed by atoms with E-state index in [2.05, 4.69) is 4.72 Å². The first kappa shape index (κ1) is 15.5. The molecule has 5 nitrogen and oxygen atoms in total. The second-order valence-electron chi connectivity index (χ2n) is 3.85. The molecule has 1 unspecified atom stereocenters. The van der Waals surface area contributed by atoms with Gasteiger partial charge >= 0.3 is 0 Å². The fraction of sp³-hybridized carbons (Fsp3) is 0.333. The Balaban J connectivity index is 3.08. The van der Waals surface area contributed by atoms with Gasteiger partial charge in [0.2, 0.25) is 10.0 Å². The summed E-state index contributed by atoms with van der Waals surface area (Å²) in [5.41, 5.74) is 0.273. The van der Waals surface area contributed by atoms with Crippen LogP contribution in [0.15, 0.2) is 23.1 Å². The van der Waals surface area contributed by atoms with Gasteiger partial charge in [-0.2, -0.15) is 15.2 Å². The predicted octanol–water partition coefficient (Wildman–Crippen LogP) is 2.18. The van der Waals surface area contributed by atoms with E-state index in [-0.39, 0.29) is 15.5 Å². The Morgan fingerprint density at radius 1 is 1.42 bits per heavy atom. The third kappa shape index (κ3) is 3.93. The molecule has 1 aromatic carbocycles. The van der Waals surface area contributed by atoms with Gasteiger partial charge in [-0.3, -0.25) is 0 Å². The largest absolute Gasteiger partial charge is 0.243 e. The highest BCUT2D eigenvalue weighted by atomic mass is 35.5. The smallest absolute Gasteiger partial charge is 0.207 e. The summed E-state index contributed by atoms with van der Waals surface area (Å²) in [4.78, 5) is -0.135. The van der Waals surface area contributed by atoms with Crippen molar-refractivity contribution in [3.63, 3.8) is 0 Å². The van der Waals surface area contributed by atoms with E-state index in [1.54, 1.807) is 0 Å². The fourth-order valence-electron chi connectivity index (χ4n) is 1.48. The maximum Gasteiger partial charge on any atom is 0.243 e. The number of benzene rings is 1. The molecule has 19 heavy (non-hydrogen) atoms. The molecule has 1 aromatic rings. The van der Waals surface area contributed by atoms with Gasteiger partial charge in [0.1, 0.15) is 10.9 Å². The summed E-state index contributed by atoms with van der Waals surface area (Å²) < 4.78 is 26.4. The van der Waals surface area contributed by atoms with E-state index in [4.69, 9.17) is 22.1 Å². The predicted molar refractivity (Wildman–Crippen MR) is 70.8 cm³/mol. The van der Waals surface area contributed by atoms with E-state index < -0.39 is 16.1 Å². The monoisotopic (exact) mass is 297 g/mol. The Morgan fingerprint density at radius 3 is 2.58 bits per heavy atom. The van der Waals surface area contributed by atoms with Crippen LogP contribution in [-0.2, 0) is 10.0 Å². The van der Waals surface area contributed by atoms with Crippen LogP contribution in [0.4, 0.5) is 0 Å². The molecule has 0 aromatic heterocycles. The zero-order chi connectivity index (χ0) is 14.5. The topological polar surface area (TPSA) is 93.8 Å². The number of nitrogens with zero attached hydrogens (tertiary/aromatic N) is 2. The number of sulfonamides is 1. The summed E-state index contributed by atoms with van der Waals surface area (Å²) >= 11 is 5.84. The Kier molecular flexibility index (Phi) is 5.31. The van der Waals surface area contributed by atoms with Crippen LogP contribution >= 0.6 is 11.6 Å². The maximum absolute atomic E-state index is 12.1. The lowest BCUT2D eigenvalue weighted by molar-refractivity contribution is 0.563. The zero-order valence-electron chi connectivity index (χ0n) is 10.2. The van der Waals surface area contributed by atoms with E-state index in [0.29, 0.717) is 12.8 Å². The zero-order valence-corrected chi connectivity index (χ0v) is 11.8. The lowest BCUT2D eigenvalue weighted by atomic mass is 10.2. The Labute approximate surface area is 117 Å². The van der Waals surface area contributed by atoms with Crippen molar-refractivity contribution >= 4 is 21.6 Å². The van der Waals surface area contributed by atoms with Crippen molar-refractivity contribution in [1.82, 2.24) is 4.72 Å². The van der Waals surface area contributed by atoms with Crippen LogP contribution in [0.1, 0.15) is 25.3 Å². The first-order valence-corrected chi connectivity index (χ1v) is 7.42. The van der Waals surface area contributed by atoms with Crippen LogP contribution in [0.3, 0.4) is 0 Å². The van der Waals surface area contributed by atoms with Gasteiger partial charge in [0.15, 0.2) is 0 Å². The first-order chi connectivity index (χ1) is 8.94. The highest BCUT2D eigenvalue weighted by Crippen LogP contribution is 2.22. The molecule has 0 radical (unpaired) electrons. The minimum absolute atomic E-state index is 0.0419. The molecule has 0 aliphatic carbocycles. The summed E-state index contributed by atoms with van der Waals surface area (Å²) in [7, 11) is -3.86. The van der Waals surface area contributed by atoms with Crippen LogP contribution < -0.4 is 4.72 Å². The summed E-state index contributed by atoms with van der Waals surface area (Å²) in [6, 6.07) is 6.85. The molecule has 0 spiro atoms. The van der Waals surface area contributed by atoms with Gasteiger partial charge in [0.05, 0.1) is 22.7 Å². The van der Waals surface area contributed by atoms with E-state index in [1.165, 1.54) is 18.2 Å². The fourth-order valence-corrected chi connectivity index (χ4v) is 3.20. The second kappa shape index (κ2) is 6.53. The van der Waals surface area contributed by atoms with E-state index in [1.807, 2.05) is 19.1 Å². The van der Waals surface area contributed by atoms with Crippen molar-refractivity contribution in [3.8, 4) is 12.1 Å². The van der Waals surface area contributed by atoms with Crippen molar-refractivity contribution in [3.05, 3.63) is 28.8 Å². The number of nitrogens with one attached hydrogen (secondary N) is 1. The van der Waals surface area contributed by atoms with Gasteiger partial charge in [-0.05, 0) is 24.6 Å². The summed E-state index contributed by atoms with van der Waals surface area (Å²) in [5.74, 6) is 0.